The molecule has 1 saturated heterocycles. The Bertz CT molecular complexity index is 1010. The highest BCUT2D eigenvalue weighted by molar-refractivity contribution is 6.34. The normalized spacial score (nSPS) is 13.8. The Hall–Kier alpha value is -2.93. The van der Waals surface area contributed by atoms with Gasteiger partial charge in [-0.25, -0.2) is 14.6 Å². The van der Waals surface area contributed by atoms with E-state index in [9.17, 15) is 4.79 Å². The molecule has 0 unspecified atom stereocenters. The van der Waals surface area contributed by atoms with Crippen molar-refractivity contribution in [3.8, 4) is 5.82 Å². The van der Waals surface area contributed by atoms with Gasteiger partial charge in [0.2, 0.25) is 0 Å². The van der Waals surface area contributed by atoms with Gasteiger partial charge in [-0.3, -0.25) is 4.79 Å². The Balaban J connectivity index is 1.54. The first-order valence-electron chi connectivity index (χ1n) is 9.24. The second kappa shape index (κ2) is 7.59. The van der Waals surface area contributed by atoms with Crippen molar-refractivity contribution in [2.45, 2.75) is 26.7 Å². The molecule has 1 N–H and O–H groups in total. The molecule has 1 aliphatic heterocycles. The molecular formula is C20H21ClN6O. The number of carbonyl (C=O) groups excluding carboxylic acids is 1. The van der Waals surface area contributed by atoms with Crippen molar-refractivity contribution in [1.82, 2.24) is 19.7 Å². The molecule has 0 radical (unpaired) electrons. The molecule has 0 bridgehead atoms. The van der Waals surface area contributed by atoms with Gasteiger partial charge in [-0.1, -0.05) is 11.6 Å². The summed E-state index contributed by atoms with van der Waals surface area (Å²) >= 11 is 6.23. The van der Waals surface area contributed by atoms with Crippen LogP contribution in [0.5, 0.6) is 0 Å². The highest BCUT2D eigenvalue weighted by Gasteiger charge is 2.17. The molecule has 4 heterocycles. The average molecular weight is 397 g/mol. The molecule has 0 aromatic carbocycles. The smallest absolute Gasteiger partial charge is 0.275 e. The molecule has 4 rings (SSSR count). The Kier molecular flexibility index (Phi) is 5.00. The van der Waals surface area contributed by atoms with Crippen LogP contribution in [-0.4, -0.2) is 38.7 Å². The molecule has 0 spiro atoms. The van der Waals surface area contributed by atoms with Gasteiger partial charge >= 0.3 is 0 Å². The highest BCUT2D eigenvalue weighted by atomic mass is 35.5. The molecule has 144 valence electrons. The van der Waals surface area contributed by atoms with Gasteiger partial charge < -0.3 is 10.2 Å². The maximum Gasteiger partial charge on any atom is 0.275 e. The average Bonchev–Trinajstić information content (AvgIpc) is 3.32. The van der Waals surface area contributed by atoms with E-state index in [1.807, 2.05) is 32.0 Å². The number of hydrogen-bond acceptors (Lipinski definition) is 5. The topological polar surface area (TPSA) is 75.9 Å². The number of aromatic nitrogens is 4. The molecule has 0 saturated carbocycles. The molecule has 8 heteroatoms. The number of anilines is 2. The van der Waals surface area contributed by atoms with E-state index in [1.54, 1.807) is 23.0 Å². The minimum atomic E-state index is -0.385. The van der Waals surface area contributed by atoms with Crippen LogP contribution in [0.15, 0.2) is 36.5 Å². The lowest BCUT2D eigenvalue weighted by Gasteiger charge is -2.16. The van der Waals surface area contributed by atoms with Gasteiger partial charge in [-0.15, -0.1) is 0 Å². The fraction of sp³-hybridized carbons (Fsp3) is 0.300. The number of aryl methyl sites for hydroxylation is 2. The summed E-state index contributed by atoms with van der Waals surface area (Å²) in [5.74, 6) is 1.09. The lowest BCUT2D eigenvalue weighted by Crippen LogP contribution is -2.19. The summed E-state index contributed by atoms with van der Waals surface area (Å²) in [6.07, 6.45) is 4.04. The molecule has 0 atom stereocenters. The summed E-state index contributed by atoms with van der Waals surface area (Å²) in [5.41, 5.74) is 2.56. The predicted octanol–water partition coefficient (Wildman–Crippen LogP) is 3.79. The lowest BCUT2D eigenvalue weighted by molar-refractivity contribution is 0.102. The summed E-state index contributed by atoms with van der Waals surface area (Å²) in [6.45, 7) is 5.89. The van der Waals surface area contributed by atoms with Crippen LogP contribution in [0.2, 0.25) is 5.02 Å². The summed E-state index contributed by atoms with van der Waals surface area (Å²) in [6, 6.07) is 9.11. The second-order valence-electron chi connectivity index (χ2n) is 6.89. The Morgan fingerprint density at radius 3 is 2.50 bits per heavy atom. The monoisotopic (exact) mass is 396 g/mol. The highest BCUT2D eigenvalue weighted by Crippen LogP contribution is 2.21. The van der Waals surface area contributed by atoms with Crippen LogP contribution in [0.3, 0.4) is 0 Å². The largest absolute Gasteiger partial charge is 0.357 e. The van der Waals surface area contributed by atoms with E-state index in [4.69, 9.17) is 11.6 Å². The molecule has 1 amide bonds. The van der Waals surface area contributed by atoms with Gasteiger partial charge in [0.05, 0.1) is 22.6 Å². The Morgan fingerprint density at radius 1 is 1.11 bits per heavy atom. The van der Waals surface area contributed by atoms with E-state index in [0.29, 0.717) is 11.5 Å². The summed E-state index contributed by atoms with van der Waals surface area (Å²) in [7, 11) is 0. The fourth-order valence-corrected chi connectivity index (χ4v) is 3.54. The van der Waals surface area contributed by atoms with Crippen LogP contribution in [0, 0.1) is 13.8 Å². The van der Waals surface area contributed by atoms with Gasteiger partial charge in [0.1, 0.15) is 11.5 Å². The maximum atomic E-state index is 12.7. The standard InChI is InChI=1S/C20H21ClN6O/c1-13-11-14(2)27(25-13)18-8-6-16(21)19(24-18)20(28)23-15-5-7-17(22-12-15)26-9-3-4-10-26/h5-8,11-12H,3-4,9-10H2,1-2H3,(H,23,28). The van der Waals surface area contributed by atoms with Gasteiger partial charge in [0, 0.05) is 18.8 Å². The van der Waals surface area contributed by atoms with E-state index in [1.165, 1.54) is 12.8 Å². The third kappa shape index (κ3) is 3.71. The number of halogens is 1. The molecule has 7 nitrogen and oxygen atoms in total. The van der Waals surface area contributed by atoms with Gasteiger partial charge in [-0.05, 0) is 57.0 Å². The van der Waals surface area contributed by atoms with Crippen LogP contribution in [0.25, 0.3) is 5.82 Å². The zero-order valence-electron chi connectivity index (χ0n) is 15.8. The van der Waals surface area contributed by atoms with Gasteiger partial charge in [0.15, 0.2) is 5.82 Å². The first-order valence-corrected chi connectivity index (χ1v) is 9.61. The Labute approximate surface area is 168 Å². The molecule has 0 aliphatic carbocycles. The van der Waals surface area contributed by atoms with Crippen molar-refractivity contribution >= 4 is 29.0 Å². The fourth-order valence-electron chi connectivity index (χ4n) is 3.35. The number of amides is 1. The van der Waals surface area contributed by atoms with Crippen LogP contribution in [0.4, 0.5) is 11.5 Å². The summed E-state index contributed by atoms with van der Waals surface area (Å²) in [5, 5.41) is 7.51. The van der Waals surface area contributed by atoms with Crippen molar-refractivity contribution < 1.29 is 4.79 Å². The molecule has 1 aliphatic rings. The number of rotatable bonds is 4. The SMILES string of the molecule is Cc1cc(C)n(-c2ccc(Cl)c(C(=O)Nc3ccc(N4CCCC4)nc3)n2)n1. The van der Waals surface area contributed by atoms with Crippen molar-refractivity contribution in [3.63, 3.8) is 0 Å². The van der Waals surface area contributed by atoms with Crippen LogP contribution in [-0.2, 0) is 0 Å². The van der Waals surface area contributed by atoms with E-state index in [2.05, 4.69) is 25.3 Å². The third-order valence-corrected chi connectivity index (χ3v) is 5.01. The van der Waals surface area contributed by atoms with E-state index < -0.39 is 0 Å². The third-order valence-electron chi connectivity index (χ3n) is 4.71. The molecular weight excluding hydrogens is 376 g/mol. The minimum absolute atomic E-state index is 0.148. The number of pyridine rings is 2. The van der Waals surface area contributed by atoms with Gasteiger partial charge in [-0.2, -0.15) is 5.10 Å². The maximum absolute atomic E-state index is 12.7. The van der Waals surface area contributed by atoms with Crippen molar-refractivity contribution in [1.29, 1.82) is 0 Å². The number of nitrogens with one attached hydrogen (secondary N) is 1. The number of carbonyl (C=O) groups is 1. The first-order chi connectivity index (χ1) is 13.5. The van der Waals surface area contributed by atoms with Crippen molar-refractivity contribution in [2.24, 2.45) is 0 Å². The van der Waals surface area contributed by atoms with E-state index >= 15 is 0 Å². The summed E-state index contributed by atoms with van der Waals surface area (Å²) < 4.78 is 1.69. The van der Waals surface area contributed by atoms with Crippen LogP contribution >= 0.6 is 11.6 Å². The zero-order valence-corrected chi connectivity index (χ0v) is 16.6. The van der Waals surface area contributed by atoms with Gasteiger partial charge in [0.25, 0.3) is 5.91 Å². The van der Waals surface area contributed by atoms with Crippen molar-refractivity contribution in [3.05, 3.63) is 58.6 Å². The zero-order chi connectivity index (χ0) is 19.7. The lowest BCUT2D eigenvalue weighted by atomic mass is 10.3. The quantitative estimate of drug-likeness (QED) is 0.726. The Morgan fingerprint density at radius 2 is 1.86 bits per heavy atom. The molecule has 28 heavy (non-hydrogen) atoms. The van der Waals surface area contributed by atoms with Crippen molar-refractivity contribution in [2.75, 3.05) is 23.3 Å². The van der Waals surface area contributed by atoms with E-state index in [-0.39, 0.29) is 16.6 Å². The van der Waals surface area contributed by atoms with Crippen LogP contribution < -0.4 is 10.2 Å². The molecule has 3 aromatic heterocycles. The predicted molar refractivity (Wildman–Crippen MR) is 109 cm³/mol. The first kappa shape index (κ1) is 18.4. The minimum Gasteiger partial charge on any atom is -0.357 e. The number of hydrogen-bond donors (Lipinski definition) is 1. The summed E-state index contributed by atoms with van der Waals surface area (Å²) in [4.78, 5) is 23.8. The number of nitrogens with zero attached hydrogens (tertiary/aromatic N) is 5. The molecule has 3 aromatic rings. The second-order valence-corrected chi connectivity index (χ2v) is 7.30. The van der Waals surface area contributed by atoms with E-state index in [0.717, 1.165) is 30.3 Å². The van der Waals surface area contributed by atoms with Crippen LogP contribution in [0.1, 0.15) is 34.7 Å². The molecule has 1 fully saturated rings.